The van der Waals surface area contributed by atoms with E-state index in [1.165, 1.54) is 30.5 Å². The van der Waals surface area contributed by atoms with E-state index in [-0.39, 0.29) is 6.04 Å². The Labute approximate surface area is 113 Å². The lowest BCUT2D eigenvalue weighted by Crippen LogP contribution is -2.22. The van der Waals surface area contributed by atoms with Crippen LogP contribution in [0.15, 0.2) is 29.8 Å². The number of hydrogen-bond acceptors (Lipinski definition) is 1. The predicted octanol–water partition coefficient (Wildman–Crippen LogP) is 4.51. The molecule has 1 aliphatic rings. The molecule has 0 saturated heterocycles. The fraction of sp³-hybridized carbons (Fsp3) is 0.500. The Hall–Kier alpha value is -1.22. The molecule has 2 rings (SSSR count). The quantitative estimate of drug-likeness (QED) is 0.773. The van der Waals surface area contributed by atoms with Gasteiger partial charge in [0.1, 0.15) is 0 Å². The van der Waals surface area contributed by atoms with Gasteiger partial charge >= 0.3 is 0 Å². The topological polar surface area (TPSA) is 12.0 Å². The summed E-state index contributed by atoms with van der Waals surface area (Å²) in [6, 6.07) is 4.27. The normalized spacial score (nSPS) is 17.1. The van der Waals surface area contributed by atoms with Crippen LogP contribution in [0.3, 0.4) is 0 Å². The summed E-state index contributed by atoms with van der Waals surface area (Å²) in [4.78, 5) is 0. The Kier molecular flexibility index (Phi) is 5.08. The highest BCUT2D eigenvalue weighted by molar-refractivity contribution is 5.23. The summed E-state index contributed by atoms with van der Waals surface area (Å²) < 4.78 is 26.3. The molecule has 0 bridgehead atoms. The first-order valence-electron chi connectivity index (χ1n) is 7.07. The number of allylic oxidation sites excluding steroid dienone is 1. The molecule has 104 valence electrons. The Morgan fingerprint density at radius 1 is 1.21 bits per heavy atom. The highest BCUT2D eigenvalue weighted by Crippen LogP contribution is 2.28. The maximum atomic E-state index is 13.3. The van der Waals surface area contributed by atoms with E-state index in [2.05, 4.69) is 11.4 Å². The summed E-state index contributed by atoms with van der Waals surface area (Å²) in [7, 11) is 0. The van der Waals surface area contributed by atoms with Crippen molar-refractivity contribution < 1.29 is 8.78 Å². The van der Waals surface area contributed by atoms with Gasteiger partial charge in [0.2, 0.25) is 0 Å². The van der Waals surface area contributed by atoms with Crippen LogP contribution in [0.25, 0.3) is 0 Å². The lowest BCUT2D eigenvalue weighted by Gasteiger charge is -2.22. The molecule has 0 heterocycles. The van der Waals surface area contributed by atoms with Gasteiger partial charge in [-0.05, 0) is 56.3 Å². The molecule has 0 radical (unpaired) electrons. The van der Waals surface area contributed by atoms with E-state index in [1.54, 1.807) is 6.07 Å². The first-order valence-corrected chi connectivity index (χ1v) is 7.07. The van der Waals surface area contributed by atoms with Crippen molar-refractivity contribution in [1.82, 2.24) is 5.32 Å². The molecule has 1 aromatic rings. The second-order valence-corrected chi connectivity index (χ2v) is 5.10. The smallest absolute Gasteiger partial charge is 0.159 e. The van der Waals surface area contributed by atoms with Crippen LogP contribution in [0.4, 0.5) is 8.78 Å². The first-order chi connectivity index (χ1) is 9.20. The zero-order chi connectivity index (χ0) is 13.7. The molecular weight excluding hydrogens is 244 g/mol. The van der Waals surface area contributed by atoms with E-state index in [0.717, 1.165) is 31.4 Å². The molecular formula is C16H21F2N. The van der Waals surface area contributed by atoms with Crippen molar-refractivity contribution in [3.8, 4) is 0 Å². The number of nitrogens with one attached hydrogen (secondary N) is 1. The van der Waals surface area contributed by atoms with Crippen molar-refractivity contribution in [1.29, 1.82) is 0 Å². The third-order valence-corrected chi connectivity index (χ3v) is 3.65. The van der Waals surface area contributed by atoms with Gasteiger partial charge in [-0.25, -0.2) is 8.78 Å². The number of benzene rings is 1. The molecule has 1 aromatic carbocycles. The summed E-state index contributed by atoms with van der Waals surface area (Å²) >= 11 is 0. The van der Waals surface area contributed by atoms with E-state index in [4.69, 9.17) is 0 Å². The van der Waals surface area contributed by atoms with Crippen molar-refractivity contribution in [3.05, 3.63) is 47.0 Å². The molecule has 0 spiro atoms. The second kappa shape index (κ2) is 6.80. The van der Waals surface area contributed by atoms with Crippen LogP contribution in [-0.4, -0.2) is 6.54 Å². The predicted molar refractivity (Wildman–Crippen MR) is 73.9 cm³/mol. The number of halogens is 2. The molecule has 19 heavy (non-hydrogen) atoms. The van der Waals surface area contributed by atoms with E-state index < -0.39 is 11.6 Å². The van der Waals surface area contributed by atoms with Gasteiger partial charge in [0.15, 0.2) is 11.6 Å². The third-order valence-electron chi connectivity index (χ3n) is 3.65. The molecule has 0 saturated carbocycles. The largest absolute Gasteiger partial charge is 0.310 e. The Morgan fingerprint density at radius 2 is 2.05 bits per heavy atom. The molecule has 0 fully saturated rings. The minimum atomic E-state index is -0.782. The second-order valence-electron chi connectivity index (χ2n) is 5.10. The molecule has 0 aromatic heterocycles. The molecule has 1 atom stereocenters. The van der Waals surface area contributed by atoms with Crippen molar-refractivity contribution in [3.63, 3.8) is 0 Å². The monoisotopic (exact) mass is 265 g/mol. The Bertz CT molecular complexity index is 454. The summed E-state index contributed by atoms with van der Waals surface area (Å²) in [5.41, 5.74) is 2.26. The SMILES string of the molecule is CCNC(CC1=CCCCC1)c1ccc(F)c(F)c1. The molecule has 0 aliphatic heterocycles. The van der Waals surface area contributed by atoms with Gasteiger partial charge in [-0.15, -0.1) is 0 Å². The van der Waals surface area contributed by atoms with Gasteiger partial charge in [-0.1, -0.05) is 24.6 Å². The minimum absolute atomic E-state index is 0.0736. The zero-order valence-electron chi connectivity index (χ0n) is 11.4. The fourth-order valence-corrected chi connectivity index (χ4v) is 2.64. The van der Waals surface area contributed by atoms with Gasteiger partial charge in [-0.3, -0.25) is 0 Å². The minimum Gasteiger partial charge on any atom is -0.310 e. The standard InChI is InChI=1S/C16H21F2N/c1-2-19-16(10-12-6-4-3-5-7-12)13-8-9-14(17)15(18)11-13/h6,8-9,11,16,19H,2-5,7,10H2,1H3. The van der Waals surface area contributed by atoms with Crippen LogP contribution < -0.4 is 5.32 Å². The number of rotatable bonds is 5. The van der Waals surface area contributed by atoms with Gasteiger partial charge in [0.25, 0.3) is 0 Å². The summed E-state index contributed by atoms with van der Waals surface area (Å²) in [6.45, 7) is 2.85. The zero-order valence-corrected chi connectivity index (χ0v) is 11.4. The Balaban J connectivity index is 2.14. The van der Waals surface area contributed by atoms with Crippen LogP contribution in [0, 0.1) is 11.6 Å². The van der Waals surface area contributed by atoms with Crippen molar-refractivity contribution in [2.24, 2.45) is 0 Å². The molecule has 1 aliphatic carbocycles. The van der Waals surface area contributed by atoms with Crippen LogP contribution in [0.1, 0.15) is 50.6 Å². The maximum Gasteiger partial charge on any atom is 0.159 e. The van der Waals surface area contributed by atoms with Crippen molar-refractivity contribution in [2.75, 3.05) is 6.54 Å². The van der Waals surface area contributed by atoms with E-state index in [9.17, 15) is 8.78 Å². The summed E-state index contributed by atoms with van der Waals surface area (Å²) in [5, 5.41) is 3.36. The van der Waals surface area contributed by atoms with Crippen LogP contribution in [-0.2, 0) is 0 Å². The highest BCUT2D eigenvalue weighted by Gasteiger charge is 2.15. The van der Waals surface area contributed by atoms with Gasteiger partial charge in [0, 0.05) is 6.04 Å². The lowest BCUT2D eigenvalue weighted by atomic mass is 9.91. The van der Waals surface area contributed by atoms with E-state index in [0.29, 0.717) is 0 Å². The summed E-state index contributed by atoms with van der Waals surface area (Å²) in [6.07, 6.45) is 7.97. The Morgan fingerprint density at radius 3 is 2.68 bits per heavy atom. The van der Waals surface area contributed by atoms with Crippen molar-refractivity contribution >= 4 is 0 Å². The van der Waals surface area contributed by atoms with Crippen LogP contribution in [0.5, 0.6) is 0 Å². The molecule has 1 N–H and O–H groups in total. The van der Waals surface area contributed by atoms with Crippen molar-refractivity contribution in [2.45, 2.75) is 45.1 Å². The third kappa shape index (κ3) is 3.87. The van der Waals surface area contributed by atoms with Crippen LogP contribution >= 0.6 is 0 Å². The first kappa shape index (κ1) is 14.2. The molecule has 0 amide bonds. The average Bonchev–Trinajstić information content (AvgIpc) is 2.43. The van der Waals surface area contributed by atoms with Crippen LogP contribution in [0.2, 0.25) is 0 Å². The molecule has 3 heteroatoms. The lowest BCUT2D eigenvalue weighted by molar-refractivity contribution is 0.493. The van der Waals surface area contributed by atoms with Gasteiger partial charge in [-0.2, -0.15) is 0 Å². The highest BCUT2D eigenvalue weighted by atomic mass is 19.2. The molecule has 1 nitrogen and oxygen atoms in total. The number of hydrogen-bond donors (Lipinski definition) is 1. The van der Waals surface area contributed by atoms with Gasteiger partial charge < -0.3 is 5.32 Å². The molecule has 1 unspecified atom stereocenters. The average molecular weight is 265 g/mol. The van der Waals surface area contributed by atoms with E-state index in [1.807, 2.05) is 6.92 Å². The maximum absolute atomic E-state index is 13.3. The van der Waals surface area contributed by atoms with E-state index >= 15 is 0 Å². The summed E-state index contributed by atoms with van der Waals surface area (Å²) in [5.74, 6) is -1.55. The fourth-order valence-electron chi connectivity index (χ4n) is 2.64. The van der Waals surface area contributed by atoms with Gasteiger partial charge in [0.05, 0.1) is 0 Å².